The van der Waals surface area contributed by atoms with Crippen molar-refractivity contribution in [1.29, 1.82) is 0 Å². The SMILES string of the molecule is CC(C)CN1C(=O)c2ccc(C(=O)NCCNC(=O)c3cccnc3)cc2C1=O. The van der Waals surface area contributed by atoms with Crippen LogP contribution in [0.3, 0.4) is 0 Å². The molecule has 0 aliphatic carbocycles. The molecule has 1 aromatic carbocycles. The molecule has 8 nitrogen and oxygen atoms in total. The molecule has 2 N–H and O–H groups in total. The fourth-order valence-electron chi connectivity index (χ4n) is 3.02. The van der Waals surface area contributed by atoms with Gasteiger partial charge in [-0.1, -0.05) is 13.8 Å². The maximum atomic E-state index is 12.5. The Kier molecular flexibility index (Phi) is 6.01. The van der Waals surface area contributed by atoms with Gasteiger partial charge in [-0.05, 0) is 36.2 Å². The zero-order valence-corrected chi connectivity index (χ0v) is 16.3. The number of carbonyl (C=O) groups excluding carboxylic acids is 4. The lowest BCUT2D eigenvalue weighted by Gasteiger charge is -2.15. The molecule has 1 aliphatic heterocycles. The molecular formula is C21H22N4O4. The molecule has 29 heavy (non-hydrogen) atoms. The van der Waals surface area contributed by atoms with Gasteiger partial charge >= 0.3 is 0 Å². The molecule has 150 valence electrons. The van der Waals surface area contributed by atoms with Gasteiger partial charge in [0, 0.05) is 37.6 Å². The van der Waals surface area contributed by atoms with E-state index in [-0.39, 0.29) is 53.8 Å². The molecule has 0 unspecified atom stereocenters. The molecular weight excluding hydrogens is 372 g/mol. The third-order valence-corrected chi connectivity index (χ3v) is 4.40. The van der Waals surface area contributed by atoms with Crippen molar-refractivity contribution in [2.45, 2.75) is 13.8 Å². The van der Waals surface area contributed by atoms with Crippen molar-refractivity contribution in [2.24, 2.45) is 5.92 Å². The van der Waals surface area contributed by atoms with Crippen molar-refractivity contribution in [3.63, 3.8) is 0 Å². The number of carbonyl (C=O) groups is 4. The van der Waals surface area contributed by atoms with Gasteiger partial charge < -0.3 is 10.6 Å². The van der Waals surface area contributed by atoms with Crippen molar-refractivity contribution in [1.82, 2.24) is 20.5 Å². The number of imide groups is 1. The van der Waals surface area contributed by atoms with Crippen LogP contribution in [0.25, 0.3) is 0 Å². The van der Waals surface area contributed by atoms with Crippen LogP contribution < -0.4 is 10.6 Å². The first kappa shape index (κ1) is 20.2. The Morgan fingerprint density at radius 2 is 1.62 bits per heavy atom. The lowest BCUT2D eigenvalue weighted by molar-refractivity contribution is 0.0635. The third-order valence-electron chi connectivity index (χ3n) is 4.40. The minimum absolute atomic E-state index is 0.154. The van der Waals surface area contributed by atoms with E-state index in [4.69, 9.17) is 0 Å². The second-order valence-electron chi connectivity index (χ2n) is 7.13. The van der Waals surface area contributed by atoms with Gasteiger partial charge in [0.25, 0.3) is 23.6 Å². The Hall–Kier alpha value is -3.55. The topological polar surface area (TPSA) is 108 Å². The van der Waals surface area contributed by atoms with Crippen LogP contribution >= 0.6 is 0 Å². The van der Waals surface area contributed by atoms with Gasteiger partial charge in [0.1, 0.15) is 0 Å². The second-order valence-corrected chi connectivity index (χ2v) is 7.13. The molecule has 1 aromatic heterocycles. The van der Waals surface area contributed by atoms with E-state index in [0.29, 0.717) is 17.7 Å². The smallest absolute Gasteiger partial charge is 0.261 e. The third kappa shape index (κ3) is 4.48. The molecule has 0 radical (unpaired) electrons. The minimum atomic E-state index is -0.383. The molecule has 2 aromatic rings. The highest BCUT2D eigenvalue weighted by atomic mass is 16.2. The average Bonchev–Trinajstić information content (AvgIpc) is 2.95. The standard InChI is InChI=1S/C21H22N4O4/c1-13(2)12-25-20(28)16-6-5-14(10-17(16)21(25)29)18(26)23-8-9-24-19(27)15-4-3-7-22-11-15/h3-7,10-11,13H,8-9,12H2,1-2H3,(H,23,26)(H,24,27). The molecule has 0 fully saturated rings. The van der Waals surface area contributed by atoms with Crippen molar-refractivity contribution in [2.75, 3.05) is 19.6 Å². The number of pyridine rings is 1. The summed E-state index contributed by atoms with van der Waals surface area (Å²) in [5.74, 6) is -1.21. The molecule has 0 spiro atoms. The summed E-state index contributed by atoms with van der Waals surface area (Å²) in [6, 6.07) is 7.78. The molecule has 0 saturated carbocycles. The van der Waals surface area contributed by atoms with Crippen molar-refractivity contribution in [3.05, 3.63) is 65.0 Å². The first-order valence-corrected chi connectivity index (χ1v) is 9.35. The summed E-state index contributed by atoms with van der Waals surface area (Å²) in [5, 5.41) is 5.37. The first-order chi connectivity index (χ1) is 13.9. The van der Waals surface area contributed by atoms with E-state index in [1.165, 1.54) is 29.3 Å². The second kappa shape index (κ2) is 8.64. The summed E-state index contributed by atoms with van der Waals surface area (Å²) in [7, 11) is 0. The Balaban J connectivity index is 1.56. The van der Waals surface area contributed by atoms with E-state index in [1.807, 2.05) is 13.8 Å². The number of rotatable bonds is 7. The molecule has 8 heteroatoms. The van der Waals surface area contributed by atoms with E-state index in [1.54, 1.807) is 18.3 Å². The average molecular weight is 394 g/mol. The van der Waals surface area contributed by atoms with Gasteiger partial charge in [0.2, 0.25) is 0 Å². The van der Waals surface area contributed by atoms with Crippen molar-refractivity contribution in [3.8, 4) is 0 Å². The quantitative estimate of drug-likeness (QED) is 0.546. The van der Waals surface area contributed by atoms with E-state index >= 15 is 0 Å². The summed E-state index contributed by atoms with van der Waals surface area (Å²) in [6.07, 6.45) is 3.04. The van der Waals surface area contributed by atoms with Crippen LogP contribution in [0, 0.1) is 5.92 Å². The Morgan fingerprint density at radius 1 is 0.966 bits per heavy atom. The largest absolute Gasteiger partial charge is 0.350 e. The highest BCUT2D eigenvalue weighted by Crippen LogP contribution is 2.24. The number of nitrogens with zero attached hydrogens (tertiary/aromatic N) is 2. The van der Waals surface area contributed by atoms with Gasteiger partial charge in [0.05, 0.1) is 16.7 Å². The summed E-state index contributed by atoms with van der Waals surface area (Å²) in [5.41, 5.74) is 1.28. The molecule has 1 aliphatic rings. The Morgan fingerprint density at radius 3 is 2.24 bits per heavy atom. The number of nitrogens with one attached hydrogen (secondary N) is 2. The molecule has 2 heterocycles. The van der Waals surface area contributed by atoms with Crippen LogP contribution in [0.4, 0.5) is 0 Å². The van der Waals surface area contributed by atoms with Crippen molar-refractivity contribution >= 4 is 23.6 Å². The predicted octanol–water partition coefficient (Wildman–Crippen LogP) is 1.49. The van der Waals surface area contributed by atoms with Crippen LogP contribution in [0.15, 0.2) is 42.7 Å². The van der Waals surface area contributed by atoms with Crippen LogP contribution in [-0.4, -0.2) is 53.1 Å². The molecule has 0 saturated heterocycles. The van der Waals surface area contributed by atoms with E-state index < -0.39 is 0 Å². The van der Waals surface area contributed by atoms with Crippen LogP contribution in [0.5, 0.6) is 0 Å². The zero-order valence-electron chi connectivity index (χ0n) is 16.3. The Labute approximate surface area is 168 Å². The fourth-order valence-corrected chi connectivity index (χ4v) is 3.02. The maximum absolute atomic E-state index is 12.5. The number of hydrogen-bond donors (Lipinski definition) is 2. The van der Waals surface area contributed by atoms with Crippen LogP contribution in [0.2, 0.25) is 0 Å². The van der Waals surface area contributed by atoms with Crippen LogP contribution in [-0.2, 0) is 0 Å². The number of aromatic nitrogens is 1. The van der Waals surface area contributed by atoms with Gasteiger partial charge in [-0.25, -0.2) is 0 Å². The normalized spacial score (nSPS) is 12.9. The minimum Gasteiger partial charge on any atom is -0.350 e. The molecule has 0 bridgehead atoms. The fraction of sp³-hybridized carbons (Fsp3) is 0.286. The van der Waals surface area contributed by atoms with Gasteiger partial charge in [-0.15, -0.1) is 0 Å². The van der Waals surface area contributed by atoms with E-state index in [9.17, 15) is 19.2 Å². The van der Waals surface area contributed by atoms with Crippen LogP contribution in [0.1, 0.15) is 55.3 Å². The monoisotopic (exact) mass is 394 g/mol. The lowest BCUT2D eigenvalue weighted by atomic mass is 10.1. The predicted molar refractivity (Wildman–Crippen MR) is 106 cm³/mol. The summed E-state index contributed by atoms with van der Waals surface area (Å²) < 4.78 is 0. The van der Waals surface area contributed by atoms with E-state index in [2.05, 4.69) is 15.6 Å². The summed E-state index contributed by atoms with van der Waals surface area (Å²) in [4.78, 5) is 54.3. The highest BCUT2D eigenvalue weighted by molar-refractivity contribution is 6.22. The Bertz CT molecular complexity index is 956. The highest BCUT2D eigenvalue weighted by Gasteiger charge is 2.36. The van der Waals surface area contributed by atoms with Gasteiger partial charge in [0.15, 0.2) is 0 Å². The molecule has 3 rings (SSSR count). The number of fused-ring (bicyclic) bond motifs is 1. The van der Waals surface area contributed by atoms with Gasteiger partial charge in [-0.3, -0.25) is 29.1 Å². The summed E-state index contributed by atoms with van der Waals surface area (Å²) in [6.45, 7) is 4.65. The van der Waals surface area contributed by atoms with Gasteiger partial charge in [-0.2, -0.15) is 0 Å². The zero-order chi connectivity index (χ0) is 21.0. The number of benzene rings is 1. The number of hydrogen-bond acceptors (Lipinski definition) is 5. The first-order valence-electron chi connectivity index (χ1n) is 9.35. The number of amides is 4. The molecule has 0 atom stereocenters. The lowest BCUT2D eigenvalue weighted by Crippen LogP contribution is -2.34. The van der Waals surface area contributed by atoms with Crippen molar-refractivity contribution < 1.29 is 19.2 Å². The van der Waals surface area contributed by atoms with E-state index in [0.717, 1.165) is 0 Å². The molecule has 4 amide bonds. The summed E-state index contributed by atoms with van der Waals surface area (Å²) >= 11 is 0. The maximum Gasteiger partial charge on any atom is 0.261 e.